The quantitative estimate of drug-likeness (QED) is 0.728. The Kier molecular flexibility index (Phi) is 4.43. The molecule has 0 aliphatic rings. The summed E-state index contributed by atoms with van der Waals surface area (Å²) in [6.07, 6.45) is 0. The zero-order valence-corrected chi connectivity index (χ0v) is 10.8. The maximum absolute atomic E-state index is 12.1. The van der Waals surface area contributed by atoms with Crippen molar-refractivity contribution in [2.24, 2.45) is 0 Å². The van der Waals surface area contributed by atoms with Crippen LogP contribution in [0.15, 0.2) is 64.4 Å². The molecule has 0 aliphatic carbocycles. The van der Waals surface area contributed by atoms with E-state index in [-0.39, 0.29) is 22.2 Å². The number of hydrogen-bond acceptors (Lipinski definition) is 3. The van der Waals surface area contributed by atoms with E-state index in [2.05, 4.69) is 4.98 Å². The van der Waals surface area contributed by atoms with Crippen molar-refractivity contribution in [2.45, 2.75) is 9.79 Å². The first-order valence-corrected chi connectivity index (χ1v) is 6.38. The smallest absolute Gasteiger partial charge is 0.385 e. The molecule has 0 atom stereocenters. The summed E-state index contributed by atoms with van der Waals surface area (Å²) in [4.78, 5) is 3.39. The molecule has 0 heterocycles. The minimum absolute atomic E-state index is 0. The largest absolute Gasteiger partial charge is 1.00 e. The zero-order chi connectivity index (χ0) is 12.3. The topological polar surface area (TPSA) is 62.3 Å². The third kappa shape index (κ3) is 2.67. The Labute approximate surface area is 111 Å². The van der Waals surface area contributed by atoms with Gasteiger partial charge in [0.25, 0.3) is 0 Å². The van der Waals surface area contributed by atoms with E-state index >= 15 is 0 Å². The molecule has 92 valence electrons. The van der Waals surface area contributed by atoms with E-state index in [1.54, 1.807) is 30.3 Å². The van der Waals surface area contributed by atoms with Crippen LogP contribution >= 0.6 is 0 Å². The van der Waals surface area contributed by atoms with Crippen molar-refractivity contribution in [3.05, 3.63) is 59.6 Å². The summed E-state index contributed by atoms with van der Waals surface area (Å²) < 4.78 is 24.3. The molecule has 18 heavy (non-hydrogen) atoms. The number of sulfone groups is 1. The van der Waals surface area contributed by atoms with Crippen molar-refractivity contribution in [2.75, 3.05) is 0 Å². The van der Waals surface area contributed by atoms with Crippen molar-refractivity contribution < 1.29 is 20.8 Å². The molecule has 0 saturated heterocycles. The molecule has 0 unspecified atom stereocenters. The maximum Gasteiger partial charge on any atom is 0.385 e. The van der Waals surface area contributed by atoms with Crippen LogP contribution in [0.5, 0.6) is 0 Å². The fourth-order valence-electron chi connectivity index (χ4n) is 1.43. The Morgan fingerprint density at radius 3 is 1.83 bits per heavy atom. The van der Waals surface area contributed by atoms with Gasteiger partial charge in [0.1, 0.15) is 0 Å². The first kappa shape index (κ1) is 14.2. The summed E-state index contributed by atoms with van der Waals surface area (Å²) in [5, 5.41) is 8.52. The fourth-order valence-corrected chi connectivity index (χ4v) is 2.71. The molecule has 0 saturated carbocycles. The summed E-state index contributed by atoms with van der Waals surface area (Å²) in [7, 11) is -3.49. The Morgan fingerprint density at radius 1 is 0.833 bits per heavy atom. The third-order valence-electron chi connectivity index (χ3n) is 2.32. The van der Waals surface area contributed by atoms with Gasteiger partial charge in [-0.3, -0.25) is 0 Å². The highest BCUT2D eigenvalue weighted by atomic mass is 35.5. The van der Waals surface area contributed by atoms with Crippen LogP contribution in [0, 0.1) is 5.39 Å². The van der Waals surface area contributed by atoms with Crippen LogP contribution in [0.2, 0.25) is 0 Å². The molecular formula is C12H9ClN2O2S. The van der Waals surface area contributed by atoms with Gasteiger partial charge in [0.05, 0.1) is 9.79 Å². The van der Waals surface area contributed by atoms with Crippen molar-refractivity contribution in [1.82, 2.24) is 0 Å². The second kappa shape index (κ2) is 5.63. The first-order valence-electron chi connectivity index (χ1n) is 4.90. The molecule has 0 N–H and O–H groups in total. The molecule has 2 aromatic rings. The maximum atomic E-state index is 12.1. The van der Waals surface area contributed by atoms with Crippen molar-refractivity contribution >= 4 is 15.5 Å². The Morgan fingerprint density at radius 2 is 1.33 bits per heavy atom. The van der Waals surface area contributed by atoms with Gasteiger partial charge in [-0.15, -0.1) is 0 Å². The van der Waals surface area contributed by atoms with Gasteiger partial charge in [0, 0.05) is 12.1 Å². The average molecular weight is 281 g/mol. The van der Waals surface area contributed by atoms with E-state index in [0.717, 1.165) is 0 Å². The summed E-state index contributed by atoms with van der Waals surface area (Å²) in [6, 6.07) is 13.9. The van der Waals surface area contributed by atoms with Gasteiger partial charge in [-0.2, -0.15) is 0 Å². The molecule has 0 bridgehead atoms. The Bertz CT molecular complexity index is 661. The first-order chi connectivity index (χ1) is 8.14. The zero-order valence-electron chi connectivity index (χ0n) is 9.19. The molecular weight excluding hydrogens is 272 g/mol. The normalized spacial score (nSPS) is 10.2. The predicted octanol–water partition coefficient (Wildman–Crippen LogP) is 0.00798. The van der Waals surface area contributed by atoms with Crippen LogP contribution in [-0.2, 0) is 9.84 Å². The van der Waals surface area contributed by atoms with Gasteiger partial charge < -0.3 is 12.4 Å². The minimum Gasteiger partial charge on any atom is -1.00 e. The standard InChI is InChI=1S/C12H9N2O2S.ClH/c13-14-10-6-8-12(9-7-10)17(15,16)11-4-2-1-3-5-11;/h1-9H;1H/q+1;/p-1. The lowest BCUT2D eigenvalue weighted by atomic mass is 10.3. The van der Waals surface area contributed by atoms with Gasteiger partial charge in [0.2, 0.25) is 15.2 Å². The highest BCUT2D eigenvalue weighted by molar-refractivity contribution is 7.91. The number of halogens is 1. The SMILES string of the molecule is N#[N+]c1ccc(S(=O)(=O)c2ccccc2)cc1.[Cl-]. The highest BCUT2D eigenvalue weighted by Crippen LogP contribution is 2.22. The number of benzene rings is 2. The molecule has 0 aliphatic heterocycles. The van der Waals surface area contributed by atoms with Gasteiger partial charge in [-0.1, -0.05) is 18.2 Å². The van der Waals surface area contributed by atoms with Crippen molar-refractivity contribution in [1.29, 1.82) is 5.39 Å². The second-order valence-corrected chi connectivity index (χ2v) is 5.36. The highest BCUT2D eigenvalue weighted by Gasteiger charge is 2.18. The van der Waals surface area contributed by atoms with Gasteiger partial charge in [0.15, 0.2) is 4.98 Å². The molecule has 4 nitrogen and oxygen atoms in total. The van der Waals surface area contributed by atoms with Crippen LogP contribution in [0.1, 0.15) is 0 Å². The molecule has 0 radical (unpaired) electrons. The van der Waals surface area contributed by atoms with Crippen LogP contribution < -0.4 is 12.4 Å². The van der Waals surface area contributed by atoms with Crippen LogP contribution in [0.25, 0.3) is 4.98 Å². The van der Waals surface area contributed by atoms with E-state index in [0.29, 0.717) is 5.69 Å². The molecule has 0 spiro atoms. The summed E-state index contributed by atoms with van der Waals surface area (Å²) >= 11 is 0. The van der Waals surface area contributed by atoms with Gasteiger partial charge in [-0.05, 0) is 24.3 Å². The van der Waals surface area contributed by atoms with Gasteiger partial charge in [-0.25, -0.2) is 8.42 Å². The molecule has 0 amide bonds. The van der Waals surface area contributed by atoms with Crippen molar-refractivity contribution in [3.8, 4) is 0 Å². The minimum atomic E-state index is -3.49. The van der Waals surface area contributed by atoms with E-state index in [1.165, 1.54) is 24.3 Å². The van der Waals surface area contributed by atoms with Gasteiger partial charge >= 0.3 is 5.69 Å². The molecule has 0 fully saturated rings. The molecule has 6 heteroatoms. The van der Waals surface area contributed by atoms with E-state index in [9.17, 15) is 8.42 Å². The summed E-state index contributed by atoms with van der Waals surface area (Å²) in [6.45, 7) is 0. The Balaban J connectivity index is 0.00000162. The third-order valence-corrected chi connectivity index (χ3v) is 4.10. The Hall–Kier alpha value is -1.90. The molecule has 2 aromatic carbocycles. The molecule has 0 aromatic heterocycles. The molecule has 2 rings (SSSR count). The predicted molar refractivity (Wildman–Crippen MR) is 63.1 cm³/mol. The lowest BCUT2D eigenvalue weighted by Gasteiger charge is -2.02. The lowest BCUT2D eigenvalue weighted by Crippen LogP contribution is -3.00. The second-order valence-electron chi connectivity index (χ2n) is 3.41. The number of hydrogen-bond donors (Lipinski definition) is 0. The number of diazo groups is 1. The summed E-state index contributed by atoms with van der Waals surface area (Å²) in [5.74, 6) is 0. The lowest BCUT2D eigenvalue weighted by molar-refractivity contribution is -0.00000601. The van der Waals surface area contributed by atoms with Crippen LogP contribution in [0.4, 0.5) is 5.69 Å². The fraction of sp³-hybridized carbons (Fsp3) is 0. The van der Waals surface area contributed by atoms with Crippen LogP contribution in [0.3, 0.4) is 0 Å². The number of nitrogens with zero attached hydrogens (tertiary/aromatic N) is 2. The monoisotopic (exact) mass is 280 g/mol. The summed E-state index contributed by atoms with van der Waals surface area (Å²) in [5.41, 5.74) is 0.317. The van der Waals surface area contributed by atoms with Crippen LogP contribution in [-0.4, -0.2) is 8.42 Å². The number of rotatable bonds is 2. The van der Waals surface area contributed by atoms with E-state index < -0.39 is 9.84 Å². The van der Waals surface area contributed by atoms with E-state index in [4.69, 9.17) is 5.39 Å². The average Bonchev–Trinajstić information content (AvgIpc) is 2.40. The van der Waals surface area contributed by atoms with E-state index in [1.807, 2.05) is 0 Å². The van der Waals surface area contributed by atoms with Crippen molar-refractivity contribution in [3.63, 3.8) is 0 Å².